The number of nitrogens with zero attached hydrogens (tertiary/aromatic N) is 3. The van der Waals surface area contributed by atoms with Crippen molar-refractivity contribution in [2.24, 2.45) is 11.1 Å². The van der Waals surface area contributed by atoms with Crippen molar-refractivity contribution < 1.29 is 22.5 Å². The van der Waals surface area contributed by atoms with Gasteiger partial charge in [-0.25, -0.2) is 15.1 Å². The lowest BCUT2D eigenvalue weighted by Gasteiger charge is -2.20. The molecule has 3 heterocycles. The van der Waals surface area contributed by atoms with Gasteiger partial charge in [0.25, 0.3) is 0 Å². The molecule has 2 aromatic heterocycles. The molecule has 0 amide bonds. The summed E-state index contributed by atoms with van der Waals surface area (Å²) in [5.74, 6) is -0.357. The summed E-state index contributed by atoms with van der Waals surface area (Å²) in [7, 11) is -2.06. The fraction of sp³-hybridized carbons (Fsp3) is 0.375. The van der Waals surface area contributed by atoms with E-state index < -0.39 is 22.3 Å². The third-order valence-corrected chi connectivity index (χ3v) is 8.70. The molecule has 1 aromatic carbocycles. The van der Waals surface area contributed by atoms with Gasteiger partial charge in [0.05, 0.1) is 33.5 Å². The number of hydrogen-bond donors (Lipinski definition) is 3. The first-order chi connectivity index (χ1) is 17.6. The Morgan fingerprint density at radius 3 is 2.89 bits per heavy atom. The SMILES string of the molecule is CN1Cc2ccccc2C1c1cc(C(=O)c2cncnc2N[C@@H]2C[C@H](COS(N)(=O)=O)[C@@H](O)C2)sc1Cl. The third kappa shape index (κ3) is 5.55. The van der Waals surface area contributed by atoms with Crippen molar-refractivity contribution >= 4 is 44.8 Å². The van der Waals surface area contributed by atoms with Crippen LogP contribution in [-0.2, 0) is 21.0 Å². The molecule has 0 bridgehead atoms. The van der Waals surface area contributed by atoms with Crippen LogP contribution in [0.15, 0.2) is 42.9 Å². The van der Waals surface area contributed by atoms with Crippen LogP contribution in [0.1, 0.15) is 50.8 Å². The van der Waals surface area contributed by atoms with E-state index >= 15 is 0 Å². The highest BCUT2D eigenvalue weighted by molar-refractivity contribution is 7.84. The van der Waals surface area contributed by atoms with Crippen molar-refractivity contribution in [3.8, 4) is 0 Å². The molecule has 3 aromatic rings. The number of aromatic nitrogens is 2. The zero-order valence-electron chi connectivity index (χ0n) is 19.9. The number of anilines is 1. The summed E-state index contributed by atoms with van der Waals surface area (Å²) in [5, 5.41) is 18.5. The van der Waals surface area contributed by atoms with E-state index in [-0.39, 0.29) is 30.0 Å². The van der Waals surface area contributed by atoms with Gasteiger partial charge in [-0.15, -0.1) is 11.3 Å². The maximum atomic E-state index is 13.6. The lowest BCUT2D eigenvalue weighted by atomic mass is 9.99. The molecule has 4 N–H and O–H groups in total. The van der Waals surface area contributed by atoms with E-state index in [0.717, 1.165) is 12.1 Å². The Morgan fingerprint density at radius 2 is 2.11 bits per heavy atom. The van der Waals surface area contributed by atoms with Crippen LogP contribution in [0.5, 0.6) is 0 Å². The highest BCUT2D eigenvalue weighted by atomic mass is 35.5. The van der Waals surface area contributed by atoms with Crippen molar-refractivity contribution in [2.45, 2.75) is 37.6 Å². The van der Waals surface area contributed by atoms with E-state index in [0.29, 0.717) is 27.9 Å². The minimum absolute atomic E-state index is 0.0393. The number of carbonyl (C=O) groups excluding carboxylic acids is 1. The number of rotatable bonds is 8. The summed E-state index contributed by atoms with van der Waals surface area (Å²) >= 11 is 7.88. The molecule has 37 heavy (non-hydrogen) atoms. The standard InChI is InChI=1S/C24H26ClN5O5S2/c1-30-10-13-4-2-3-5-16(13)21(30)17-8-20(36-23(17)25)22(32)18-9-27-12-28-24(18)29-15-6-14(19(31)7-15)11-35-37(26,33)34/h2-5,8-9,12,14-15,19,21,31H,6-7,10-11H2,1H3,(H2,26,33,34)(H,27,28,29)/t14-,15-,19+,21?/m1/s1. The topological polar surface area (TPSA) is 148 Å². The Bertz CT molecular complexity index is 1430. The minimum atomic E-state index is -4.10. The van der Waals surface area contributed by atoms with Crippen LogP contribution in [0.2, 0.25) is 4.34 Å². The van der Waals surface area contributed by atoms with Gasteiger partial charge in [-0.2, -0.15) is 8.42 Å². The van der Waals surface area contributed by atoms with Crippen LogP contribution in [0.4, 0.5) is 5.82 Å². The number of fused-ring (bicyclic) bond motifs is 1. The van der Waals surface area contributed by atoms with E-state index in [1.807, 2.05) is 25.2 Å². The zero-order chi connectivity index (χ0) is 26.3. The molecule has 4 atom stereocenters. The first kappa shape index (κ1) is 26.2. The summed E-state index contributed by atoms with van der Waals surface area (Å²) in [6, 6.07) is 9.75. The molecule has 1 fully saturated rings. The second-order valence-corrected chi connectivity index (χ2v) is 12.3. The molecular weight excluding hydrogens is 538 g/mol. The summed E-state index contributed by atoms with van der Waals surface area (Å²) < 4.78 is 27.4. The number of aliphatic hydroxyl groups is 1. The zero-order valence-corrected chi connectivity index (χ0v) is 22.3. The van der Waals surface area contributed by atoms with Gasteiger partial charge in [0, 0.05) is 30.3 Å². The third-order valence-electron chi connectivity index (χ3n) is 6.84. The number of aliphatic hydroxyl groups excluding tert-OH is 1. The smallest absolute Gasteiger partial charge is 0.333 e. The predicted molar refractivity (Wildman–Crippen MR) is 140 cm³/mol. The number of halogens is 1. The lowest BCUT2D eigenvalue weighted by Crippen LogP contribution is -2.24. The van der Waals surface area contributed by atoms with Crippen LogP contribution >= 0.6 is 22.9 Å². The molecule has 13 heteroatoms. The Morgan fingerprint density at radius 1 is 1.32 bits per heavy atom. The van der Waals surface area contributed by atoms with Gasteiger partial charge in [0.15, 0.2) is 0 Å². The summed E-state index contributed by atoms with van der Waals surface area (Å²) in [5.41, 5.74) is 3.57. The fourth-order valence-electron chi connectivity index (χ4n) is 5.15. The van der Waals surface area contributed by atoms with Gasteiger partial charge < -0.3 is 10.4 Å². The largest absolute Gasteiger partial charge is 0.393 e. The Hall–Kier alpha value is -2.45. The van der Waals surface area contributed by atoms with E-state index in [4.69, 9.17) is 16.7 Å². The van der Waals surface area contributed by atoms with Crippen molar-refractivity contribution in [2.75, 3.05) is 19.0 Å². The molecule has 1 aliphatic carbocycles. The van der Waals surface area contributed by atoms with Gasteiger partial charge in [-0.05, 0) is 37.1 Å². The normalized spacial score (nSPS) is 23.8. The maximum Gasteiger partial charge on any atom is 0.333 e. The number of nitrogens with one attached hydrogen (secondary N) is 1. The van der Waals surface area contributed by atoms with E-state index in [2.05, 4.69) is 36.5 Å². The highest BCUT2D eigenvalue weighted by Crippen LogP contribution is 2.43. The fourth-order valence-corrected chi connectivity index (χ4v) is 6.79. The minimum Gasteiger partial charge on any atom is -0.393 e. The van der Waals surface area contributed by atoms with Crippen LogP contribution < -0.4 is 10.5 Å². The quantitative estimate of drug-likeness (QED) is 0.352. The Balaban J connectivity index is 1.35. The van der Waals surface area contributed by atoms with Crippen LogP contribution in [0.25, 0.3) is 0 Å². The van der Waals surface area contributed by atoms with Crippen LogP contribution in [0.3, 0.4) is 0 Å². The van der Waals surface area contributed by atoms with Crippen molar-refractivity contribution in [1.82, 2.24) is 14.9 Å². The number of benzene rings is 1. The first-order valence-electron chi connectivity index (χ1n) is 11.6. The number of ketones is 1. The molecule has 0 saturated heterocycles. The molecule has 1 unspecified atom stereocenters. The van der Waals surface area contributed by atoms with Crippen molar-refractivity contribution in [1.29, 1.82) is 0 Å². The average molecular weight is 564 g/mol. The first-order valence-corrected chi connectivity index (χ1v) is 14.3. The molecule has 1 saturated carbocycles. The second-order valence-electron chi connectivity index (χ2n) is 9.39. The monoisotopic (exact) mass is 563 g/mol. The van der Waals surface area contributed by atoms with Gasteiger partial charge in [-0.1, -0.05) is 35.9 Å². The van der Waals surface area contributed by atoms with Gasteiger partial charge in [0.2, 0.25) is 5.78 Å². The van der Waals surface area contributed by atoms with Gasteiger partial charge in [-0.3, -0.25) is 13.9 Å². The number of thiophene rings is 1. The molecule has 1 aliphatic heterocycles. The van der Waals surface area contributed by atoms with E-state index in [1.54, 1.807) is 0 Å². The van der Waals surface area contributed by atoms with Crippen molar-refractivity contribution in [3.05, 3.63) is 74.3 Å². The van der Waals surface area contributed by atoms with Crippen LogP contribution in [-0.4, -0.2) is 60.0 Å². The highest BCUT2D eigenvalue weighted by Gasteiger charge is 2.35. The van der Waals surface area contributed by atoms with Crippen molar-refractivity contribution in [3.63, 3.8) is 0 Å². The number of nitrogens with two attached hydrogens (primary N) is 1. The molecule has 10 nitrogen and oxygen atoms in total. The summed E-state index contributed by atoms with van der Waals surface area (Å²) in [4.78, 5) is 24.5. The Labute approximate surface area is 223 Å². The average Bonchev–Trinajstić information content (AvgIpc) is 3.50. The molecule has 196 valence electrons. The number of carbonyl (C=O) groups is 1. The molecule has 0 radical (unpaired) electrons. The van der Waals surface area contributed by atoms with Crippen LogP contribution in [0, 0.1) is 5.92 Å². The van der Waals surface area contributed by atoms with E-state index in [9.17, 15) is 18.3 Å². The number of hydrogen-bond acceptors (Lipinski definition) is 10. The van der Waals surface area contributed by atoms with Gasteiger partial charge in [0.1, 0.15) is 12.1 Å². The summed E-state index contributed by atoms with van der Waals surface area (Å²) in [6.45, 7) is 0.580. The Kier molecular flexibility index (Phi) is 7.33. The molecule has 2 aliphatic rings. The maximum absolute atomic E-state index is 13.6. The predicted octanol–water partition coefficient (Wildman–Crippen LogP) is 2.73. The molecular formula is C24H26ClN5O5S2. The van der Waals surface area contributed by atoms with E-state index in [1.165, 1.54) is 35.0 Å². The van der Waals surface area contributed by atoms with Gasteiger partial charge >= 0.3 is 10.3 Å². The molecule has 5 rings (SSSR count). The second kappa shape index (κ2) is 10.4. The molecule has 0 spiro atoms. The summed E-state index contributed by atoms with van der Waals surface area (Å²) in [6.07, 6.45) is 2.75. The lowest BCUT2D eigenvalue weighted by molar-refractivity contribution is 0.101.